The molecule has 0 spiro atoms. The van der Waals surface area contributed by atoms with E-state index < -0.39 is 0 Å². The lowest BCUT2D eigenvalue weighted by molar-refractivity contribution is 0.0904. The van der Waals surface area contributed by atoms with Crippen molar-refractivity contribution in [1.29, 1.82) is 0 Å². The third kappa shape index (κ3) is 4.38. The summed E-state index contributed by atoms with van der Waals surface area (Å²) in [5, 5.41) is 4.10. The number of amides is 1. The van der Waals surface area contributed by atoms with E-state index in [1.54, 1.807) is 14.2 Å². The Balaban J connectivity index is 1.36. The van der Waals surface area contributed by atoms with Crippen LogP contribution < -0.4 is 14.8 Å². The number of rotatable bonds is 6. The van der Waals surface area contributed by atoms with Crippen LogP contribution in [0.5, 0.6) is 11.5 Å². The molecule has 6 nitrogen and oxygen atoms in total. The van der Waals surface area contributed by atoms with Crippen molar-refractivity contribution in [2.75, 3.05) is 27.3 Å². The second-order valence-corrected chi connectivity index (χ2v) is 7.49. The number of ether oxygens (including phenoxy) is 2. The highest BCUT2D eigenvalue weighted by atomic mass is 16.5. The smallest absolute Gasteiger partial charge is 0.267 e. The number of carbonyl (C=O) groups excluding carboxylic acids is 1. The molecule has 152 valence electrons. The molecule has 2 N–H and O–H groups in total. The van der Waals surface area contributed by atoms with Gasteiger partial charge in [-0.05, 0) is 30.5 Å². The highest BCUT2D eigenvalue weighted by Gasteiger charge is 2.22. The van der Waals surface area contributed by atoms with Crippen molar-refractivity contribution in [2.24, 2.45) is 0 Å². The topological polar surface area (TPSA) is 66.6 Å². The maximum atomic E-state index is 12.7. The maximum Gasteiger partial charge on any atom is 0.267 e. The summed E-state index contributed by atoms with van der Waals surface area (Å²) in [6, 6.07) is 16.3. The molecule has 29 heavy (non-hydrogen) atoms. The number of nitrogens with zero attached hydrogens (tertiary/aromatic N) is 1. The minimum absolute atomic E-state index is 0.0688. The zero-order valence-corrected chi connectivity index (χ0v) is 16.9. The van der Waals surface area contributed by atoms with Crippen molar-refractivity contribution < 1.29 is 14.3 Å². The van der Waals surface area contributed by atoms with Crippen molar-refractivity contribution >= 4 is 16.8 Å². The van der Waals surface area contributed by atoms with Gasteiger partial charge >= 0.3 is 0 Å². The predicted molar refractivity (Wildman–Crippen MR) is 114 cm³/mol. The molecule has 1 amide bonds. The standard InChI is InChI=1S/C23H27N3O3/c1-28-21-13-17-12-20(25-19(17)14-22(21)29-2)23(27)24-18-8-10-26(11-9-18)15-16-6-4-3-5-7-16/h3-7,12-14,18,25H,8-11,15H2,1-2H3,(H,24,27). The van der Waals surface area contributed by atoms with Gasteiger partial charge in [-0.25, -0.2) is 0 Å². The van der Waals surface area contributed by atoms with E-state index in [-0.39, 0.29) is 11.9 Å². The van der Waals surface area contributed by atoms with Crippen LogP contribution in [-0.2, 0) is 6.54 Å². The Kier molecular flexibility index (Phi) is 5.71. The molecule has 1 saturated heterocycles. The molecule has 6 heteroatoms. The van der Waals surface area contributed by atoms with E-state index in [2.05, 4.69) is 39.5 Å². The maximum absolute atomic E-state index is 12.7. The first-order chi connectivity index (χ1) is 14.2. The number of carbonyl (C=O) groups is 1. The molecule has 1 aromatic heterocycles. The van der Waals surface area contributed by atoms with Gasteiger partial charge in [0.25, 0.3) is 5.91 Å². The van der Waals surface area contributed by atoms with E-state index in [1.165, 1.54) is 5.56 Å². The minimum atomic E-state index is -0.0688. The zero-order valence-electron chi connectivity index (χ0n) is 16.9. The Morgan fingerprint density at radius 2 is 1.76 bits per heavy atom. The van der Waals surface area contributed by atoms with Crippen LogP contribution in [0.15, 0.2) is 48.5 Å². The van der Waals surface area contributed by atoms with Crippen LogP contribution in [0.3, 0.4) is 0 Å². The number of aromatic amines is 1. The summed E-state index contributed by atoms with van der Waals surface area (Å²) in [6.45, 7) is 2.94. The van der Waals surface area contributed by atoms with Crippen molar-refractivity contribution in [2.45, 2.75) is 25.4 Å². The fourth-order valence-electron chi connectivity index (χ4n) is 3.92. The number of benzene rings is 2. The van der Waals surface area contributed by atoms with Gasteiger partial charge in [0.1, 0.15) is 5.69 Å². The molecule has 3 aromatic rings. The van der Waals surface area contributed by atoms with E-state index in [1.807, 2.05) is 24.3 Å². The second-order valence-electron chi connectivity index (χ2n) is 7.49. The van der Waals surface area contributed by atoms with Gasteiger partial charge in [-0.2, -0.15) is 0 Å². The Morgan fingerprint density at radius 1 is 1.07 bits per heavy atom. The van der Waals surface area contributed by atoms with Gasteiger partial charge < -0.3 is 19.8 Å². The molecule has 2 aromatic carbocycles. The number of hydrogen-bond acceptors (Lipinski definition) is 4. The van der Waals surface area contributed by atoms with E-state index in [4.69, 9.17) is 9.47 Å². The van der Waals surface area contributed by atoms with E-state index in [9.17, 15) is 4.79 Å². The van der Waals surface area contributed by atoms with Crippen molar-refractivity contribution in [3.8, 4) is 11.5 Å². The van der Waals surface area contributed by atoms with Crippen molar-refractivity contribution in [3.05, 3.63) is 59.8 Å². The molecule has 0 unspecified atom stereocenters. The molecule has 4 rings (SSSR count). The number of H-pyrrole nitrogens is 1. The molecule has 0 aliphatic carbocycles. The number of piperidine rings is 1. The van der Waals surface area contributed by atoms with Gasteiger partial charge in [0.2, 0.25) is 0 Å². The minimum Gasteiger partial charge on any atom is -0.493 e. The average molecular weight is 393 g/mol. The Hall–Kier alpha value is -2.99. The highest BCUT2D eigenvalue weighted by molar-refractivity contribution is 5.98. The Morgan fingerprint density at radius 3 is 2.45 bits per heavy atom. The summed E-state index contributed by atoms with van der Waals surface area (Å²) in [5.41, 5.74) is 2.74. The molecule has 1 fully saturated rings. The molecule has 0 bridgehead atoms. The lowest BCUT2D eigenvalue weighted by atomic mass is 10.0. The largest absolute Gasteiger partial charge is 0.493 e. The Bertz CT molecular complexity index is 935. The number of aromatic nitrogens is 1. The summed E-state index contributed by atoms with van der Waals surface area (Å²) in [6.07, 6.45) is 1.92. The predicted octanol–water partition coefficient (Wildman–Crippen LogP) is 3.58. The number of nitrogens with one attached hydrogen (secondary N) is 2. The van der Waals surface area contributed by atoms with Gasteiger partial charge in [-0.1, -0.05) is 30.3 Å². The quantitative estimate of drug-likeness (QED) is 0.672. The number of likely N-dealkylation sites (tertiary alicyclic amines) is 1. The van der Waals surface area contributed by atoms with Crippen LogP contribution in [0, 0.1) is 0 Å². The van der Waals surface area contributed by atoms with E-state index in [0.717, 1.165) is 43.4 Å². The molecule has 0 radical (unpaired) electrons. The third-order valence-electron chi connectivity index (χ3n) is 5.54. The summed E-state index contributed by atoms with van der Waals surface area (Å²) >= 11 is 0. The molecule has 0 saturated carbocycles. The zero-order chi connectivity index (χ0) is 20.2. The lowest BCUT2D eigenvalue weighted by Gasteiger charge is -2.32. The van der Waals surface area contributed by atoms with Gasteiger partial charge in [0.05, 0.1) is 14.2 Å². The first-order valence-corrected chi connectivity index (χ1v) is 9.98. The molecule has 0 atom stereocenters. The first-order valence-electron chi connectivity index (χ1n) is 9.98. The third-order valence-corrected chi connectivity index (χ3v) is 5.54. The highest BCUT2D eigenvalue weighted by Crippen LogP contribution is 2.32. The number of hydrogen-bond donors (Lipinski definition) is 2. The van der Waals surface area contributed by atoms with Gasteiger partial charge in [0.15, 0.2) is 11.5 Å². The van der Waals surface area contributed by atoms with Crippen LogP contribution in [0.4, 0.5) is 0 Å². The lowest BCUT2D eigenvalue weighted by Crippen LogP contribution is -2.44. The van der Waals surface area contributed by atoms with E-state index in [0.29, 0.717) is 17.2 Å². The summed E-state index contributed by atoms with van der Waals surface area (Å²) < 4.78 is 10.7. The average Bonchev–Trinajstić information content (AvgIpc) is 3.18. The van der Waals surface area contributed by atoms with Crippen LogP contribution in [0.1, 0.15) is 28.9 Å². The molecular formula is C23H27N3O3. The van der Waals surface area contributed by atoms with Crippen LogP contribution in [0.25, 0.3) is 10.9 Å². The summed E-state index contributed by atoms with van der Waals surface area (Å²) in [4.78, 5) is 18.4. The first kappa shape index (κ1) is 19.3. The number of fused-ring (bicyclic) bond motifs is 1. The molecule has 2 heterocycles. The van der Waals surface area contributed by atoms with Gasteiger partial charge in [0, 0.05) is 42.6 Å². The fourth-order valence-corrected chi connectivity index (χ4v) is 3.92. The second kappa shape index (κ2) is 8.57. The summed E-state index contributed by atoms with van der Waals surface area (Å²) in [5.74, 6) is 1.22. The van der Waals surface area contributed by atoms with Gasteiger partial charge in [-0.15, -0.1) is 0 Å². The van der Waals surface area contributed by atoms with Gasteiger partial charge in [-0.3, -0.25) is 9.69 Å². The molecular weight excluding hydrogens is 366 g/mol. The SMILES string of the molecule is COc1cc2cc(C(=O)NC3CCN(Cc4ccccc4)CC3)[nH]c2cc1OC. The monoisotopic (exact) mass is 393 g/mol. The van der Waals surface area contributed by atoms with E-state index >= 15 is 0 Å². The molecule has 1 aliphatic rings. The van der Waals surface area contributed by atoms with Crippen molar-refractivity contribution in [3.63, 3.8) is 0 Å². The fraction of sp³-hybridized carbons (Fsp3) is 0.348. The van der Waals surface area contributed by atoms with Crippen LogP contribution in [0.2, 0.25) is 0 Å². The van der Waals surface area contributed by atoms with Crippen molar-refractivity contribution in [1.82, 2.24) is 15.2 Å². The molecule has 1 aliphatic heterocycles. The normalized spacial score (nSPS) is 15.4. The van der Waals surface area contributed by atoms with Crippen LogP contribution in [-0.4, -0.2) is 49.1 Å². The Labute approximate surface area is 170 Å². The summed E-state index contributed by atoms with van der Waals surface area (Å²) in [7, 11) is 3.21. The van der Waals surface area contributed by atoms with Crippen LogP contribution >= 0.6 is 0 Å². The number of methoxy groups -OCH3 is 2.